The predicted octanol–water partition coefficient (Wildman–Crippen LogP) is 1.71. The molecule has 3 N–H and O–H groups in total. The quantitative estimate of drug-likeness (QED) is 0.765. The van der Waals surface area contributed by atoms with Crippen LogP contribution in [0.1, 0.15) is 12.5 Å². The van der Waals surface area contributed by atoms with Crippen LogP contribution in [-0.2, 0) is 15.2 Å². The first-order chi connectivity index (χ1) is 12.9. The van der Waals surface area contributed by atoms with E-state index >= 15 is 4.39 Å². The molecule has 0 saturated carbocycles. The summed E-state index contributed by atoms with van der Waals surface area (Å²) in [6, 6.07) is 6.96. The summed E-state index contributed by atoms with van der Waals surface area (Å²) in [6.07, 6.45) is 0.791. The Morgan fingerprint density at radius 1 is 1.44 bits per heavy atom. The number of primary amides is 1. The second-order valence-electron chi connectivity index (χ2n) is 7.30. The summed E-state index contributed by atoms with van der Waals surface area (Å²) >= 11 is 3.50. The Hall–Kier alpha value is -1.61. The van der Waals surface area contributed by atoms with Crippen molar-refractivity contribution in [2.24, 2.45) is 5.73 Å². The van der Waals surface area contributed by atoms with Crippen molar-refractivity contribution < 1.29 is 13.9 Å². The zero-order chi connectivity index (χ0) is 19.2. The van der Waals surface area contributed by atoms with E-state index in [4.69, 9.17) is 10.5 Å². The number of carbonyl (C=O) groups is 1. The number of halogens is 2. The standard InChI is InChI=1S/C19H22BrFN4O2/c1-11-8-25(9-15(27-11)18(22)26)16-7-23-10-19(16,21)13-4-5-14(20)17-12(13)3-2-6-24-17/h2-6,11,15-16,23H,7-10H2,1H3,(H2,22,26)/t11-,15-,16-,19+/m1/s1. The van der Waals surface area contributed by atoms with Gasteiger partial charge >= 0.3 is 0 Å². The molecule has 6 nitrogen and oxygen atoms in total. The molecule has 1 aromatic carbocycles. The van der Waals surface area contributed by atoms with Crippen molar-refractivity contribution >= 4 is 32.7 Å². The van der Waals surface area contributed by atoms with Gasteiger partial charge in [0.15, 0.2) is 5.67 Å². The summed E-state index contributed by atoms with van der Waals surface area (Å²) in [5, 5.41) is 3.98. The van der Waals surface area contributed by atoms with Crippen LogP contribution >= 0.6 is 15.9 Å². The van der Waals surface area contributed by atoms with E-state index in [1.807, 2.05) is 36.1 Å². The molecule has 1 amide bonds. The van der Waals surface area contributed by atoms with E-state index in [9.17, 15) is 4.79 Å². The van der Waals surface area contributed by atoms with Gasteiger partial charge in [0.25, 0.3) is 0 Å². The van der Waals surface area contributed by atoms with Crippen molar-refractivity contribution in [1.29, 1.82) is 0 Å². The number of nitrogens with two attached hydrogens (primary N) is 1. The van der Waals surface area contributed by atoms with Crippen LogP contribution in [-0.4, -0.2) is 60.2 Å². The lowest BCUT2D eigenvalue weighted by Crippen LogP contribution is -2.58. The van der Waals surface area contributed by atoms with Crippen molar-refractivity contribution in [2.45, 2.75) is 30.8 Å². The van der Waals surface area contributed by atoms with Crippen molar-refractivity contribution in [3.63, 3.8) is 0 Å². The van der Waals surface area contributed by atoms with E-state index in [0.717, 1.165) is 15.4 Å². The van der Waals surface area contributed by atoms with Crippen LogP contribution in [0.15, 0.2) is 34.9 Å². The molecule has 3 heterocycles. The van der Waals surface area contributed by atoms with Gasteiger partial charge < -0.3 is 15.8 Å². The lowest BCUT2D eigenvalue weighted by atomic mass is 9.86. The van der Waals surface area contributed by atoms with Crippen LogP contribution in [0.2, 0.25) is 0 Å². The summed E-state index contributed by atoms with van der Waals surface area (Å²) in [5.41, 5.74) is 5.19. The molecule has 4 atom stereocenters. The maximum Gasteiger partial charge on any atom is 0.247 e. The van der Waals surface area contributed by atoms with Gasteiger partial charge in [0.1, 0.15) is 6.10 Å². The van der Waals surface area contributed by atoms with Crippen LogP contribution in [0.25, 0.3) is 10.9 Å². The third-order valence-corrected chi connectivity index (χ3v) is 6.10. The Morgan fingerprint density at radius 3 is 3.04 bits per heavy atom. The number of carbonyl (C=O) groups excluding carboxylic acids is 1. The maximum absolute atomic E-state index is 16.5. The molecule has 0 spiro atoms. The van der Waals surface area contributed by atoms with Gasteiger partial charge in [-0.2, -0.15) is 0 Å². The number of nitrogens with one attached hydrogen (secondary N) is 1. The number of nitrogens with zero attached hydrogens (tertiary/aromatic N) is 2. The van der Waals surface area contributed by atoms with E-state index in [0.29, 0.717) is 25.2 Å². The number of alkyl halides is 1. The smallest absolute Gasteiger partial charge is 0.247 e. The summed E-state index contributed by atoms with van der Waals surface area (Å²) in [6.45, 7) is 3.42. The number of aromatic nitrogens is 1. The van der Waals surface area contributed by atoms with Crippen LogP contribution in [0, 0.1) is 0 Å². The van der Waals surface area contributed by atoms with Gasteiger partial charge in [0.05, 0.1) is 17.7 Å². The minimum atomic E-state index is -1.61. The number of pyridine rings is 1. The van der Waals surface area contributed by atoms with Gasteiger partial charge in [-0.05, 0) is 35.0 Å². The number of morpholine rings is 1. The molecule has 144 valence electrons. The summed E-state index contributed by atoms with van der Waals surface area (Å²) < 4.78 is 23.0. The third-order valence-electron chi connectivity index (χ3n) is 5.46. The Bertz CT molecular complexity index is 882. The summed E-state index contributed by atoms with van der Waals surface area (Å²) in [5.74, 6) is -0.514. The monoisotopic (exact) mass is 436 g/mol. The van der Waals surface area contributed by atoms with E-state index in [2.05, 4.69) is 26.2 Å². The first kappa shape index (κ1) is 18.7. The molecular formula is C19H22BrFN4O2. The number of hydrogen-bond donors (Lipinski definition) is 2. The predicted molar refractivity (Wildman–Crippen MR) is 104 cm³/mol. The second kappa shape index (κ2) is 7.09. The molecule has 2 saturated heterocycles. The van der Waals surface area contributed by atoms with E-state index < -0.39 is 23.7 Å². The van der Waals surface area contributed by atoms with Crippen LogP contribution in [0.5, 0.6) is 0 Å². The number of rotatable bonds is 3. The van der Waals surface area contributed by atoms with Gasteiger partial charge in [-0.3, -0.25) is 14.7 Å². The van der Waals surface area contributed by atoms with E-state index in [1.165, 1.54) is 0 Å². The molecule has 2 aliphatic heterocycles. The van der Waals surface area contributed by atoms with Crippen molar-refractivity contribution in [3.8, 4) is 0 Å². The molecule has 27 heavy (non-hydrogen) atoms. The molecule has 1 aromatic heterocycles. The van der Waals surface area contributed by atoms with Crippen LogP contribution < -0.4 is 11.1 Å². The van der Waals surface area contributed by atoms with E-state index in [-0.39, 0.29) is 12.6 Å². The summed E-state index contributed by atoms with van der Waals surface area (Å²) in [7, 11) is 0. The average molecular weight is 437 g/mol. The van der Waals surface area contributed by atoms with E-state index in [1.54, 1.807) is 6.20 Å². The Morgan fingerprint density at radius 2 is 2.26 bits per heavy atom. The highest BCUT2D eigenvalue weighted by Crippen LogP contribution is 2.41. The molecule has 2 aromatic rings. The van der Waals surface area contributed by atoms with Gasteiger partial charge in [0.2, 0.25) is 5.91 Å². The van der Waals surface area contributed by atoms with Crippen molar-refractivity contribution in [1.82, 2.24) is 15.2 Å². The number of benzene rings is 1. The first-order valence-electron chi connectivity index (χ1n) is 9.02. The van der Waals surface area contributed by atoms with Gasteiger partial charge in [0, 0.05) is 47.8 Å². The van der Waals surface area contributed by atoms with Gasteiger partial charge in [-0.15, -0.1) is 0 Å². The average Bonchev–Trinajstić information content (AvgIpc) is 3.04. The normalized spacial score (nSPS) is 32.0. The number of ether oxygens (including phenoxy) is 1. The summed E-state index contributed by atoms with van der Waals surface area (Å²) in [4.78, 5) is 18.0. The zero-order valence-electron chi connectivity index (χ0n) is 15.0. The SMILES string of the molecule is C[C@@H]1CN([C@@H]2CNC[C@]2(F)c2ccc(Br)c3ncccc23)C[C@H](C(N)=O)O1. The topological polar surface area (TPSA) is 80.5 Å². The molecule has 8 heteroatoms. The lowest BCUT2D eigenvalue weighted by Gasteiger charge is -2.42. The highest BCUT2D eigenvalue weighted by Gasteiger charge is 2.50. The minimum absolute atomic E-state index is 0.190. The number of hydrogen-bond acceptors (Lipinski definition) is 5. The number of amides is 1. The van der Waals surface area contributed by atoms with Crippen LogP contribution in [0.4, 0.5) is 4.39 Å². The molecule has 4 rings (SSSR count). The molecule has 0 unspecified atom stereocenters. The van der Waals surface area contributed by atoms with Gasteiger partial charge in [-0.1, -0.05) is 12.1 Å². The highest BCUT2D eigenvalue weighted by molar-refractivity contribution is 9.10. The molecule has 2 aliphatic rings. The Labute approximate surface area is 165 Å². The third kappa shape index (κ3) is 3.24. The largest absolute Gasteiger partial charge is 0.367 e. The molecule has 0 bridgehead atoms. The second-order valence-corrected chi connectivity index (χ2v) is 8.15. The Balaban J connectivity index is 1.74. The highest BCUT2D eigenvalue weighted by atomic mass is 79.9. The zero-order valence-corrected chi connectivity index (χ0v) is 16.6. The Kier molecular flexibility index (Phi) is 4.92. The first-order valence-corrected chi connectivity index (χ1v) is 9.81. The lowest BCUT2D eigenvalue weighted by molar-refractivity contribution is -0.147. The molecular weight excluding hydrogens is 415 g/mol. The van der Waals surface area contributed by atoms with Crippen molar-refractivity contribution in [2.75, 3.05) is 26.2 Å². The van der Waals surface area contributed by atoms with Crippen molar-refractivity contribution in [3.05, 3.63) is 40.5 Å². The fourth-order valence-electron chi connectivity index (χ4n) is 4.26. The fraction of sp³-hybridized carbons (Fsp3) is 0.474. The van der Waals surface area contributed by atoms with Crippen LogP contribution in [0.3, 0.4) is 0 Å². The maximum atomic E-state index is 16.5. The minimum Gasteiger partial charge on any atom is -0.367 e. The fourth-order valence-corrected chi connectivity index (χ4v) is 4.71. The molecule has 0 aliphatic carbocycles. The number of fused-ring (bicyclic) bond motifs is 1. The molecule has 0 radical (unpaired) electrons. The molecule has 2 fully saturated rings. The van der Waals surface area contributed by atoms with Gasteiger partial charge in [-0.25, -0.2) is 4.39 Å².